The van der Waals surface area contributed by atoms with Gasteiger partial charge < -0.3 is 19.7 Å². The Bertz CT molecular complexity index is 768. The molecule has 0 amide bonds. The summed E-state index contributed by atoms with van der Waals surface area (Å²) >= 11 is 0. The lowest BCUT2D eigenvalue weighted by atomic mass is 9.99. The fourth-order valence-corrected chi connectivity index (χ4v) is 4.84. The lowest BCUT2D eigenvalue weighted by Crippen LogP contribution is -2.36. The molecular weight excluding hydrogens is 480 g/mol. The van der Waals surface area contributed by atoms with Crippen LogP contribution in [0.25, 0.3) is 0 Å². The zero-order valence-corrected chi connectivity index (χ0v) is 24.7. The van der Waals surface area contributed by atoms with Gasteiger partial charge in [0.25, 0.3) is 0 Å². The average Bonchev–Trinajstić information content (AvgIpc) is 3.25. The fraction of sp³-hybridized carbons (Fsp3) is 0.750. The second-order valence-electron chi connectivity index (χ2n) is 11.3. The molecule has 1 aliphatic rings. The average molecular weight is 535 g/mol. The summed E-state index contributed by atoms with van der Waals surface area (Å²) in [5, 5.41) is 19.1. The predicted molar refractivity (Wildman–Crippen MR) is 154 cm³/mol. The topological polar surface area (TPSA) is 93.1 Å². The van der Waals surface area contributed by atoms with Crippen molar-refractivity contribution in [3.8, 4) is 0 Å². The maximum absolute atomic E-state index is 11.7. The molecule has 0 aliphatic carbocycles. The van der Waals surface area contributed by atoms with E-state index in [1.807, 2.05) is 6.08 Å². The number of unbranched alkanes of at least 4 members (excludes halogenated alkanes) is 9. The second kappa shape index (κ2) is 19.2. The number of carboxylic acids is 2. The highest BCUT2D eigenvalue weighted by Gasteiger charge is 2.53. The molecule has 1 rings (SSSR count). The van der Waals surface area contributed by atoms with Crippen molar-refractivity contribution in [2.24, 2.45) is 0 Å². The monoisotopic (exact) mass is 534 g/mol. The Hall–Kier alpha value is -1.92. The predicted octanol–water partition coefficient (Wildman–Crippen LogP) is 8.76. The minimum absolute atomic E-state index is 0.354. The van der Waals surface area contributed by atoms with Crippen LogP contribution in [-0.4, -0.2) is 40.1 Å². The number of hydrogen-bond acceptors (Lipinski definition) is 4. The van der Waals surface area contributed by atoms with E-state index >= 15 is 0 Å². The van der Waals surface area contributed by atoms with Crippen LogP contribution in [0.3, 0.4) is 0 Å². The van der Waals surface area contributed by atoms with E-state index in [1.54, 1.807) is 0 Å². The third-order valence-corrected chi connectivity index (χ3v) is 7.24. The maximum atomic E-state index is 11.7. The number of ether oxygens (including phenoxy) is 2. The minimum Gasteiger partial charge on any atom is -0.479 e. The number of allylic oxidation sites excluding steroid dienone is 5. The molecule has 2 atom stereocenters. The van der Waals surface area contributed by atoms with Crippen LogP contribution >= 0.6 is 0 Å². The SMILES string of the molecule is CCCCCCCCCCCCC1(CC=C(C)CCC=C(C)CCC=C(C)C)O[C@@H](C(=O)O)[C@H](C(=O)O)O1. The largest absolute Gasteiger partial charge is 0.479 e. The van der Waals surface area contributed by atoms with Gasteiger partial charge in [-0.25, -0.2) is 9.59 Å². The standard InChI is InChI=1S/C32H54O6/c1-6-7-8-9-10-11-12-13-14-15-23-32(37-28(30(33)34)29(38-32)31(35)36)24-22-27(5)21-17-20-26(4)19-16-18-25(2)3/h18,20,22,28-29H,6-17,19,21,23-24H2,1-5H3,(H,33,34)(H,35,36)/t28-,29-/m1/s1. The van der Waals surface area contributed by atoms with Gasteiger partial charge in [0.15, 0.2) is 18.0 Å². The molecule has 0 saturated carbocycles. The first-order valence-electron chi connectivity index (χ1n) is 14.9. The molecule has 6 heteroatoms. The van der Waals surface area contributed by atoms with E-state index in [0.717, 1.165) is 44.9 Å². The molecule has 1 aliphatic heterocycles. The third-order valence-electron chi connectivity index (χ3n) is 7.24. The molecule has 1 saturated heterocycles. The van der Waals surface area contributed by atoms with E-state index < -0.39 is 29.9 Å². The Kier molecular flexibility index (Phi) is 17.2. The first kappa shape index (κ1) is 34.1. The minimum atomic E-state index is -1.49. The Balaban J connectivity index is 2.65. The molecular formula is C32H54O6. The van der Waals surface area contributed by atoms with Crippen LogP contribution in [0.4, 0.5) is 0 Å². The van der Waals surface area contributed by atoms with Crippen molar-refractivity contribution >= 4 is 11.9 Å². The summed E-state index contributed by atoms with van der Waals surface area (Å²) < 4.78 is 11.7. The quantitative estimate of drug-likeness (QED) is 0.113. The highest BCUT2D eigenvalue weighted by molar-refractivity contribution is 5.84. The summed E-state index contributed by atoms with van der Waals surface area (Å²) in [5.41, 5.74) is 3.89. The zero-order chi connectivity index (χ0) is 28.4. The lowest BCUT2D eigenvalue weighted by Gasteiger charge is -2.27. The number of carboxylic acid groups (broad SMARTS) is 2. The molecule has 0 radical (unpaired) electrons. The summed E-state index contributed by atoms with van der Waals surface area (Å²) in [4.78, 5) is 23.4. The van der Waals surface area contributed by atoms with Gasteiger partial charge in [-0.2, -0.15) is 0 Å². The van der Waals surface area contributed by atoms with Crippen molar-refractivity contribution < 1.29 is 29.3 Å². The van der Waals surface area contributed by atoms with E-state index in [-0.39, 0.29) is 0 Å². The van der Waals surface area contributed by atoms with Gasteiger partial charge in [-0.3, -0.25) is 0 Å². The first-order chi connectivity index (χ1) is 18.1. The summed E-state index contributed by atoms with van der Waals surface area (Å²) in [6.07, 6.45) is 20.2. The van der Waals surface area contributed by atoms with Gasteiger partial charge in [0.1, 0.15) is 0 Å². The normalized spacial score (nSPS) is 19.5. The van der Waals surface area contributed by atoms with Crippen molar-refractivity contribution in [2.45, 2.75) is 155 Å². The van der Waals surface area contributed by atoms with E-state index in [0.29, 0.717) is 12.8 Å². The molecule has 218 valence electrons. The molecule has 6 nitrogen and oxygen atoms in total. The van der Waals surface area contributed by atoms with E-state index in [4.69, 9.17) is 9.47 Å². The van der Waals surface area contributed by atoms with Crippen molar-refractivity contribution in [3.63, 3.8) is 0 Å². The fourth-order valence-electron chi connectivity index (χ4n) is 4.84. The van der Waals surface area contributed by atoms with Crippen LogP contribution in [0, 0.1) is 0 Å². The van der Waals surface area contributed by atoms with Crippen LogP contribution in [0.1, 0.15) is 137 Å². The summed E-state index contributed by atoms with van der Waals surface area (Å²) in [5.74, 6) is -3.79. The Morgan fingerprint density at radius 1 is 0.684 bits per heavy atom. The van der Waals surface area contributed by atoms with E-state index in [1.165, 1.54) is 61.7 Å². The number of hydrogen-bond donors (Lipinski definition) is 2. The van der Waals surface area contributed by atoms with Gasteiger partial charge in [0.05, 0.1) is 0 Å². The molecule has 1 heterocycles. The molecule has 38 heavy (non-hydrogen) atoms. The highest BCUT2D eigenvalue weighted by atomic mass is 16.8. The molecule has 0 unspecified atom stereocenters. The molecule has 0 aromatic carbocycles. The smallest absolute Gasteiger partial charge is 0.336 e. The molecule has 0 spiro atoms. The number of aliphatic carboxylic acids is 2. The summed E-state index contributed by atoms with van der Waals surface area (Å²) in [6, 6.07) is 0. The van der Waals surface area contributed by atoms with Gasteiger partial charge in [0, 0.05) is 12.8 Å². The van der Waals surface area contributed by atoms with Crippen molar-refractivity contribution in [2.75, 3.05) is 0 Å². The van der Waals surface area contributed by atoms with Crippen molar-refractivity contribution in [1.29, 1.82) is 0 Å². The highest BCUT2D eigenvalue weighted by Crippen LogP contribution is 2.37. The summed E-state index contributed by atoms with van der Waals surface area (Å²) in [6.45, 7) is 10.7. The number of carbonyl (C=O) groups is 2. The molecule has 0 aromatic rings. The molecule has 0 aromatic heterocycles. The van der Waals surface area contributed by atoms with E-state index in [2.05, 4.69) is 46.8 Å². The lowest BCUT2D eigenvalue weighted by molar-refractivity contribution is -0.189. The van der Waals surface area contributed by atoms with Gasteiger partial charge >= 0.3 is 11.9 Å². The zero-order valence-electron chi connectivity index (χ0n) is 24.7. The molecule has 2 N–H and O–H groups in total. The van der Waals surface area contributed by atoms with E-state index in [9.17, 15) is 19.8 Å². The molecule has 1 fully saturated rings. The van der Waals surface area contributed by atoms with Gasteiger partial charge in [-0.05, 0) is 59.8 Å². The van der Waals surface area contributed by atoms with Gasteiger partial charge in [-0.1, -0.05) is 99.7 Å². The van der Waals surface area contributed by atoms with Gasteiger partial charge in [0.2, 0.25) is 0 Å². The Morgan fingerprint density at radius 2 is 1.13 bits per heavy atom. The second-order valence-corrected chi connectivity index (χ2v) is 11.3. The van der Waals surface area contributed by atoms with Gasteiger partial charge in [-0.15, -0.1) is 0 Å². The third kappa shape index (κ3) is 14.3. The summed E-state index contributed by atoms with van der Waals surface area (Å²) in [7, 11) is 0. The number of rotatable bonds is 21. The maximum Gasteiger partial charge on any atom is 0.336 e. The van der Waals surface area contributed by atoms with Crippen molar-refractivity contribution in [1.82, 2.24) is 0 Å². The van der Waals surface area contributed by atoms with Crippen LogP contribution in [0.15, 0.2) is 34.9 Å². The van der Waals surface area contributed by atoms with Crippen LogP contribution in [0.5, 0.6) is 0 Å². The first-order valence-corrected chi connectivity index (χ1v) is 14.9. The van der Waals surface area contributed by atoms with Crippen LogP contribution < -0.4 is 0 Å². The Labute approximate surface area is 231 Å². The van der Waals surface area contributed by atoms with Crippen LogP contribution in [0.2, 0.25) is 0 Å². The van der Waals surface area contributed by atoms with Crippen molar-refractivity contribution in [3.05, 3.63) is 34.9 Å². The Morgan fingerprint density at radius 3 is 1.61 bits per heavy atom. The van der Waals surface area contributed by atoms with Crippen LogP contribution in [-0.2, 0) is 19.1 Å². The molecule has 0 bridgehead atoms.